The molecule has 0 aromatic carbocycles. The molecule has 0 spiro atoms. The van der Waals surface area contributed by atoms with Crippen molar-refractivity contribution >= 4 is 28.9 Å². The molecule has 0 fully saturated rings. The Morgan fingerprint density at radius 1 is 1.62 bits per heavy atom. The Bertz CT molecular complexity index is 86.5. The van der Waals surface area contributed by atoms with Gasteiger partial charge in [-0.25, -0.2) is 0 Å². The van der Waals surface area contributed by atoms with Crippen molar-refractivity contribution in [3.63, 3.8) is 0 Å². The first-order valence-corrected chi connectivity index (χ1v) is 6.83. The van der Waals surface area contributed by atoms with Crippen LogP contribution in [0.15, 0.2) is 11.8 Å². The quantitative estimate of drug-likeness (QED) is 0.494. The van der Waals surface area contributed by atoms with Gasteiger partial charge in [-0.3, -0.25) is 0 Å². The van der Waals surface area contributed by atoms with Crippen molar-refractivity contribution in [1.29, 1.82) is 0 Å². The van der Waals surface area contributed by atoms with Crippen LogP contribution in [0.3, 0.4) is 0 Å². The van der Waals surface area contributed by atoms with Crippen LogP contribution in [0.1, 0.15) is 0 Å². The minimum absolute atomic E-state index is 0.0159. The van der Waals surface area contributed by atoms with Crippen LogP contribution >= 0.6 is 22.2 Å². The molecule has 0 unspecified atom stereocenters. The summed E-state index contributed by atoms with van der Waals surface area (Å²) in [7, 11) is 0. The third kappa shape index (κ3) is 6.50. The predicted molar refractivity (Wildman–Crippen MR) is 39.5 cm³/mol. The van der Waals surface area contributed by atoms with Gasteiger partial charge in [-0.1, -0.05) is 11.8 Å². The standard InChI is InChI=1S/C4H8Cl2OSi/c1-8(5,6)4-2-3-7/h2,4,7H,3H2,1H3. The van der Waals surface area contributed by atoms with Crippen LogP contribution < -0.4 is 0 Å². The highest BCUT2D eigenvalue weighted by Crippen LogP contribution is 2.14. The smallest absolute Gasteiger partial charge is 0.270 e. The zero-order valence-corrected chi connectivity index (χ0v) is 7.08. The zero-order chi connectivity index (χ0) is 6.62. The van der Waals surface area contributed by atoms with E-state index < -0.39 is 6.69 Å². The Hall–Kier alpha value is 0.497. The van der Waals surface area contributed by atoms with Crippen molar-refractivity contribution in [3.05, 3.63) is 11.8 Å². The molecule has 48 valence electrons. The fraction of sp³-hybridized carbons (Fsp3) is 0.500. The van der Waals surface area contributed by atoms with Crippen LogP contribution in [-0.2, 0) is 0 Å². The van der Waals surface area contributed by atoms with Crippen molar-refractivity contribution in [3.8, 4) is 0 Å². The van der Waals surface area contributed by atoms with Gasteiger partial charge in [0, 0.05) is 0 Å². The Morgan fingerprint density at radius 2 is 2.12 bits per heavy atom. The molecule has 0 aromatic heterocycles. The van der Waals surface area contributed by atoms with Crippen LogP contribution in [0.2, 0.25) is 6.55 Å². The summed E-state index contributed by atoms with van der Waals surface area (Å²) in [6, 6.07) is 0. The van der Waals surface area contributed by atoms with Crippen molar-refractivity contribution < 1.29 is 5.11 Å². The Morgan fingerprint density at radius 3 is 2.25 bits per heavy atom. The second-order valence-corrected chi connectivity index (χ2v) is 9.08. The van der Waals surface area contributed by atoms with Crippen LogP contribution in [0.4, 0.5) is 0 Å². The molecule has 0 aliphatic carbocycles. The molecule has 0 saturated heterocycles. The molecular formula is C4H8Cl2OSi. The summed E-state index contributed by atoms with van der Waals surface area (Å²) in [6.07, 6.45) is 1.56. The summed E-state index contributed by atoms with van der Waals surface area (Å²) >= 11 is 11.2. The van der Waals surface area contributed by atoms with E-state index in [4.69, 9.17) is 27.3 Å². The van der Waals surface area contributed by atoms with Gasteiger partial charge in [-0.2, -0.15) is 0 Å². The lowest BCUT2D eigenvalue weighted by Gasteiger charge is -1.99. The van der Waals surface area contributed by atoms with Gasteiger partial charge in [0.05, 0.1) is 6.61 Å². The molecule has 0 amide bonds. The molecule has 1 N–H and O–H groups in total. The number of aliphatic hydroxyl groups is 1. The van der Waals surface area contributed by atoms with E-state index in [0.29, 0.717) is 0 Å². The van der Waals surface area contributed by atoms with Crippen LogP contribution in [0, 0.1) is 0 Å². The van der Waals surface area contributed by atoms with Gasteiger partial charge in [0.1, 0.15) is 0 Å². The van der Waals surface area contributed by atoms with Gasteiger partial charge in [-0.15, -0.1) is 22.2 Å². The summed E-state index contributed by atoms with van der Waals surface area (Å²) in [5.74, 6) is 0. The van der Waals surface area contributed by atoms with Gasteiger partial charge < -0.3 is 5.11 Å². The maximum Gasteiger partial charge on any atom is 0.270 e. The van der Waals surface area contributed by atoms with E-state index in [9.17, 15) is 0 Å². The van der Waals surface area contributed by atoms with Gasteiger partial charge in [-0.05, 0) is 6.55 Å². The number of rotatable bonds is 2. The van der Waals surface area contributed by atoms with E-state index in [-0.39, 0.29) is 6.61 Å². The van der Waals surface area contributed by atoms with E-state index in [1.807, 2.05) is 0 Å². The first-order valence-electron chi connectivity index (χ1n) is 2.22. The van der Waals surface area contributed by atoms with Crippen molar-refractivity contribution in [2.75, 3.05) is 6.61 Å². The second-order valence-electron chi connectivity index (χ2n) is 1.54. The summed E-state index contributed by atoms with van der Waals surface area (Å²) < 4.78 is 0. The van der Waals surface area contributed by atoms with Gasteiger partial charge in [0.15, 0.2) is 0 Å². The van der Waals surface area contributed by atoms with Crippen LogP contribution in [-0.4, -0.2) is 18.4 Å². The van der Waals surface area contributed by atoms with E-state index in [2.05, 4.69) is 0 Å². The molecule has 0 rings (SSSR count). The molecule has 4 heteroatoms. The molecule has 8 heavy (non-hydrogen) atoms. The van der Waals surface area contributed by atoms with E-state index in [0.717, 1.165) is 0 Å². The van der Waals surface area contributed by atoms with Crippen molar-refractivity contribution in [1.82, 2.24) is 0 Å². The average Bonchev–Trinajstić information content (AvgIpc) is 1.59. The molecular weight excluding hydrogens is 163 g/mol. The zero-order valence-electron chi connectivity index (χ0n) is 4.56. The average molecular weight is 171 g/mol. The second kappa shape index (κ2) is 3.51. The molecule has 1 nitrogen and oxygen atoms in total. The summed E-state index contributed by atoms with van der Waals surface area (Å²) in [5, 5.41) is 8.25. The Kier molecular flexibility index (Phi) is 3.73. The first-order chi connectivity index (χ1) is 3.56. The molecule has 0 aliphatic rings. The van der Waals surface area contributed by atoms with Crippen molar-refractivity contribution in [2.24, 2.45) is 0 Å². The third-order valence-electron chi connectivity index (χ3n) is 0.516. The molecule has 0 bridgehead atoms. The normalized spacial score (nSPS) is 13.0. The lowest BCUT2D eigenvalue weighted by molar-refractivity contribution is 0.343. The van der Waals surface area contributed by atoms with Crippen LogP contribution in [0.5, 0.6) is 0 Å². The molecule has 0 aliphatic heterocycles. The fourth-order valence-corrected chi connectivity index (χ4v) is 1.31. The maximum absolute atomic E-state index is 8.25. The molecule has 0 aromatic rings. The maximum atomic E-state index is 8.25. The number of aliphatic hydroxyl groups excluding tert-OH is 1. The fourth-order valence-electron chi connectivity index (χ4n) is 0.260. The summed E-state index contributed by atoms with van der Waals surface area (Å²) in [4.78, 5) is 0. The topological polar surface area (TPSA) is 20.2 Å². The minimum Gasteiger partial charge on any atom is -0.392 e. The minimum atomic E-state index is -2.07. The molecule has 0 heterocycles. The number of hydrogen-bond donors (Lipinski definition) is 1. The number of halogens is 2. The summed E-state index contributed by atoms with van der Waals surface area (Å²) in [6.45, 7) is -0.292. The lowest BCUT2D eigenvalue weighted by Crippen LogP contribution is -2.07. The highest BCUT2D eigenvalue weighted by Gasteiger charge is 2.14. The molecule has 0 radical (unpaired) electrons. The van der Waals surface area contributed by atoms with Gasteiger partial charge in [0.25, 0.3) is 6.69 Å². The first kappa shape index (κ1) is 8.50. The highest BCUT2D eigenvalue weighted by molar-refractivity contribution is 7.47. The van der Waals surface area contributed by atoms with Gasteiger partial charge in [0.2, 0.25) is 0 Å². The van der Waals surface area contributed by atoms with Gasteiger partial charge >= 0.3 is 0 Å². The van der Waals surface area contributed by atoms with E-state index >= 15 is 0 Å². The van der Waals surface area contributed by atoms with E-state index in [1.165, 1.54) is 0 Å². The number of hydrogen-bond acceptors (Lipinski definition) is 1. The largest absolute Gasteiger partial charge is 0.392 e. The third-order valence-corrected chi connectivity index (χ3v) is 2.09. The van der Waals surface area contributed by atoms with E-state index in [1.54, 1.807) is 18.3 Å². The highest BCUT2D eigenvalue weighted by atomic mass is 35.7. The molecule has 0 saturated carbocycles. The Labute approximate surface area is 59.3 Å². The predicted octanol–water partition coefficient (Wildman–Crippen LogP) is 1.62. The van der Waals surface area contributed by atoms with Crippen molar-refractivity contribution in [2.45, 2.75) is 6.55 Å². The SMILES string of the molecule is C[Si](Cl)(Cl)C=CCO. The monoisotopic (exact) mass is 170 g/mol. The molecule has 0 atom stereocenters. The Balaban J connectivity index is 3.52. The van der Waals surface area contributed by atoms with Crippen LogP contribution in [0.25, 0.3) is 0 Å². The lowest BCUT2D eigenvalue weighted by atomic mass is 10.7. The summed E-state index contributed by atoms with van der Waals surface area (Å²) in [5.41, 5.74) is 1.66.